The summed E-state index contributed by atoms with van der Waals surface area (Å²) >= 11 is 0. The van der Waals surface area contributed by atoms with Crippen LogP contribution >= 0.6 is 0 Å². The second kappa shape index (κ2) is 10.6. The van der Waals surface area contributed by atoms with Crippen molar-refractivity contribution in [3.05, 3.63) is 24.2 Å². The zero-order chi connectivity index (χ0) is 34.9. The molecule has 1 aromatic rings. The summed E-state index contributed by atoms with van der Waals surface area (Å²) in [6, 6.07) is 1.80. The normalized spacial score (nSPS) is 50.6. The molecule has 4 saturated carbocycles. The maximum atomic E-state index is 15.1. The molecule has 6 aliphatic rings. The Labute approximate surface area is 278 Å². The molecular weight excluding hydrogens is 628 g/mol. The van der Waals surface area contributed by atoms with E-state index in [2.05, 4.69) is 0 Å². The minimum absolute atomic E-state index is 0.0276. The highest BCUT2D eigenvalue weighted by molar-refractivity contribution is 5.91. The second-order valence-corrected chi connectivity index (χ2v) is 15.7. The lowest BCUT2D eigenvalue weighted by Crippen LogP contribution is -2.84. The molecule has 16 atom stereocenters. The van der Waals surface area contributed by atoms with E-state index in [1.54, 1.807) is 33.1 Å². The Bertz CT molecular complexity index is 1530. The first-order chi connectivity index (χ1) is 22.5. The summed E-state index contributed by atoms with van der Waals surface area (Å²) in [5.74, 6) is -5.66. The second-order valence-electron chi connectivity index (χ2n) is 15.7. The number of Topliss-reactive ketones (excluding diaryl/α,β-unsaturated/α-hetero) is 1. The lowest BCUT2D eigenvalue weighted by atomic mass is 9.33. The number of esters is 3. The van der Waals surface area contributed by atoms with Crippen LogP contribution < -0.4 is 0 Å². The minimum atomic E-state index is -1.69. The maximum absolute atomic E-state index is 15.1. The van der Waals surface area contributed by atoms with Crippen LogP contribution in [0.25, 0.3) is 0 Å². The average molecular weight is 675 g/mol. The quantitative estimate of drug-likeness (QED) is 0.226. The van der Waals surface area contributed by atoms with Crippen LogP contribution in [0.3, 0.4) is 0 Å². The molecule has 48 heavy (non-hydrogen) atoms. The third-order valence-corrected chi connectivity index (χ3v) is 13.8. The number of hydrogen-bond acceptors (Lipinski definition) is 13. The van der Waals surface area contributed by atoms with Gasteiger partial charge in [0.15, 0.2) is 5.78 Å². The summed E-state index contributed by atoms with van der Waals surface area (Å²) in [6.45, 7) is 10.8. The number of carbonyl (C=O) groups excluding carboxylic acids is 4. The first-order valence-corrected chi connectivity index (χ1v) is 16.9. The molecule has 3 N–H and O–H groups in total. The Balaban J connectivity index is 1.43. The summed E-state index contributed by atoms with van der Waals surface area (Å²) in [7, 11) is 0. The molecule has 0 amide bonds. The van der Waals surface area contributed by atoms with Crippen molar-refractivity contribution in [2.24, 2.45) is 39.4 Å². The van der Waals surface area contributed by atoms with Crippen molar-refractivity contribution in [1.29, 1.82) is 0 Å². The summed E-state index contributed by atoms with van der Waals surface area (Å²) in [6.07, 6.45) is -5.14. The molecule has 0 aromatic carbocycles. The molecule has 2 aliphatic heterocycles. The molecule has 1 spiro atoms. The van der Waals surface area contributed by atoms with Gasteiger partial charge in [0, 0.05) is 41.9 Å². The Hall–Kier alpha value is -2.84. The number of ether oxygens (including phenoxy) is 5. The van der Waals surface area contributed by atoms with Crippen molar-refractivity contribution in [1.82, 2.24) is 0 Å². The zero-order valence-corrected chi connectivity index (χ0v) is 28.3. The van der Waals surface area contributed by atoms with E-state index in [0.717, 1.165) is 12.5 Å². The molecule has 4 aliphatic carbocycles. The van der Waals surface area contributed by atoms with Crippen molar-refractivity contribution in [2.45, 2.75) is 122 Å². The van der Waals surface area contributed by atoms with Gasteiger partial charge in [-0.2, -0.15) is 0 Å². The Morgan fingerprint density at radius 1 is 1.00 bits per heavy atom. The fourth-order valence-electron chi connectivity index (χ4n) is 11.6. The maximum Gasteiger partial charge on any atom is 0.310 e. The number of aliphatic hydroxyl groups excluding tert-OH is 3. The average Bonchev–Trinajstić information content (AvgIpc) is 3.39. The molecule has 3 heterocycles. The smallest absolute Gasteiger partial charge is 0.310 e. The van der Waals surface area contributed by atoms with Crippen LogP contribution in [-0.4, -0.2) is 94.1 Å². The third-order valence-electron chi connectivity index (χ3n) is 13.8. The first kappa shape index (κ1) is 33.6. The predicted molar refractivity (Wildman–Crippen MR) is 161 cm³/mol. The van der Waals surface area contributed by atoms with Gasteiger partial charge in [-0.05, 0) is 43.7 Å². The number of fused-ring (bicyclic) bond motifs is 1. The van der Waals surface area contributed by atoms with Crippen LogP contribution in [-0.2, 0) is 42.9 Å². The van der Waals surface area contributed by atoms with E-state index in [1.165, 1.54) is 13.2 Å². The van der Waals surface area contributed by atoms with Gasteiger partial charge in [-0.3, -0.25) is 19.2 Å². The minimum Gasteiger partial charge on any atom is -0.472 e. The Morgan fingerprint density at radius 2 is 1.67 bits per heavy atom. The van der Waals surface area contributed by atoms with Crippen LogP contribution in [0.1, 0.15) is 79.2 Å². The number of aliphatic hydroxyl groups is 3. The SMILES string of the molecule is CC[C@@H](C)C(=O)O[C@H]1OC[C@@]23[C@H]4C(=O)[C@H](O)[C@@]5(C)[C@H](c6ccoc6)C[C@H]6O[C@]65[C@]4(C)[C@H](O)C[C@H]2[C@]1(C)[C@H](OC(C)=O)[C@H](O)[C@@H]3OC(C)=O. The highest BCUT2D eigenvalue weighted by atomic mass is 16.7. The molecule has 13 nitrogen and oxygen atoms in total. The summed E-state index contributed by atoms with van der Waals surface area (Å²) in [5, 5.41) is 36.9. The van der Waals surface area contributed by atoms with Gasteiger partial charge in [-0.25, -0.2) is 0 Å². The van der Waals surface area contributed by atoms with E-state index in [9.17, 15) is 29.7 Å². The standard InChI is InChI=1S/C35H46O13/c1-8-15(2)29(42)47-30-31(5)20-12-21(38)33(7)25(34(20,14-44-30)28(46-17(4)37)24(40)27(31)45-16(3)36)23(39)26(41)32(6)19(18-9-10-43-13-18)11-22-35(32,33)48-22/h9-10,13,15,19-22,24-28,30,38,40-41H,8,11-12,14H2,1-7H3/t15-,19+,20+,21-,22-,24+,25+,26+,27-,28+,30-,31-,32-,33-,34+,35-/m1/s1. The predicted octanol–water partition coefficient (Wildman–Crippen LogP) is 2.03. The van der Waals surface area contributed by atoms with E-state index >= 15 is 4.79 Å². The van der Waals surface area contributed by atoms with Gasteiger partial charge in [0.25, 0.3) is 0 Å². The van der Waals surface area contributed by atoms with Crippen molar-refractivity contribution in [3.8, 4) is 0 Å². The van der Waals surface area contributed by atoms with Crippen LogP contribution in [0.2, 0.25) is 0 Å². The number of ketones is 1. The van der Waals surface area contributed by atoms with Crippen molar-refractivity contribution in [3.63, 3.8) is 0 Å². The Kier molecular flexibility index (Phi) is 7.42. The van der Waals surface area contributed by atoms with E-state index in [-0.39, 0.29) is 18.9 Å². The van der Waals surface area contributed by atoms with Gasteiger partial charge in [0.1, 0.15) is 30.0 Å². The van der Waals surface area contributed by atoms with E-state index in [0.29, 0.717) is 12.8 Å². The van der Waals surface area contributed by atoms with Crippen LogP contribution in [0.4, 0.5) is 0 Å². The van der Waals surface area contributed by atoms with E-state index in [4.69, 9.17) is 28.1 Å². The molecule has 264 valence electrons. The van der Waals surface area contributed by atoms with Crippen molar-refractivity contribution in [2.75, 3.05) is 6.61 Å². The summed E-state index contributed by atoms with van der Waals surface area (Å²) < 4.78 is 36.0. The van der Waals surface area contributed by atoms with Crippen LogP contribution in [0, 0.1) is 39.4 Å². The number of epoxide rings is 1. The van der Waals surface area contributed by atoms with Gasteiger partial charge >= 0.3 is 17.9 Å². The molecule has 0 unspecified atom stereocenters. The topological polar surface area (TPSA) is 192 Å². The molecule has 1 aromatic heterocycles. The monoisotopic (exact) mass is 674 g/mol. The van der Waals surface area contributed by atoms with E-state index in [1.807, 2.05) is 13.8 Å². The number of rotatable bonds is 6. The van der Waals surface area contributed by atoms with E-state index < -0.39 is 112 Å². The third kappa shape index (κ3) is 3.74. The number of carbonyl (C=O) groups is 4. The number of hydrogen-bond donors (Lipinski definition) is 3. The molecular formula is C35H46O13. The fourth-order valence-corrected chi connectivity index (χ4v) is 11.6. The van der Waals surface area contributed by atoms with Gasteiger partial charge in [0.05, 0.1) is 42.7 Å². The molecule has 0 radical (unpaired) electrons. The van der Waals surface area contributed by atoms with Crippen molar-refractivity contribution >= 4 is 23.7 Å². The highest BCUT2D eigenvalue weighted by Crippen LogP contribution is 2.82. The van der Waals surface area contributed by atoms with Gasteiger partial charge in [-0.1, -0.05) is 27.7 Å². The van der Waals surface area contributed by atoms with Crippen LogP contribution in [0.15, 0.2) is 23.0 Å². The summed E-state index contributed by atoms with van der Waals surface area (Å²) in [5.41, 5.74) is -6.03. The number of furan rings is 1. The van der Waals surface area contributed by atoms with Gasteiger partial charge in [0.2, 0.25) is 6.29 Å². The van der Waals surface area contributed by atoms with Crippen molar-refractivity contribution < 1.29 is 62.6 Å². The fraction of sp³-hybridized carbons (Fsp3) is 0.771. The molecule has 7 rings (SSSR count). The van der Waals surface area contributed by atoms with Crippen LogP contribution in [0.5, 0.6) is 0 Å². The zero-order valence-electron chi connectivity index (χ0n) is 28.3. The molecule has 13 heteroatoms. The first-order valence-electron chi connectivity index (χ1n) is 16.9. The lowest BCUT2D eigenvalue weighted by Gasteiger charge is -2.73. The van der Waals surface area contributed by atoms with Gasteiger partial charge < -0.3 is 43.4 Å². The summed E-state index contributed by atoms with van der Waals surface area (Å²) in [4.78, 5) is 53.6. The largest absolute Gasteiger partial charge is 0.472 e. The highest BCUT2D eigenvalue weighted by Gasteiger charge is 2.92. The molecule has 2 bridgehead atoms. The Morgan fingerprint density at radius 3 is 2.27 bits per heavy atom. The lowest BCUT2D eigenvalue weighted by molar-refractivity contribution is -0.391. The molecule has 6 fully saturated rings. The van der Waals surface area contributed by atoms with Gasteiger partial charge in [-0.15, -0.1) is 0 Å². The molecule has 2 saturated heterocycles.